The fourth-order valence-corrected chi connectivity index (χ4v) is 3.43. The largest absolute Gasteiger partial charge is 0.295 e. The fourth-order valence-electron chi connectivity index (χ4n) is 1.55. The third-order valence-electron chi connectivity index (χ3n) is 2.68. The van der Waals surface area contributed by atoms with Crippen LogP contribution in [0.5, 0.6) is 0 Å². The summed E-state index contributed by atoms with van der Waals surface area (Å²) in [4.78, 5) is 18.2. The number of ketones is 1. The molecule has 0 spiro atoms. The Kier molecular flexibility index (Phi) is 4.19. The Morgan fingerprint density at radius 3 is 2.78 bits per heavy atom. The Balaban J connectivity index is 2.06. The van der Waals surface area contributed by atoms with Gasteiger partial charge in [-0.05, 0) is 32.9 Å². The Labute approximate surface area is 115 Å². The number of Topliss-reactive ketones (excluding diaryl/α,β-unsaturated/α-hetero) is 1. The van der Waals surface area contributed by atoms with E-state index in [2.05, 4.69) is 11.9 Å². The van der Waals surface area contributed by atoms with Crippen LogP contribution in [0.2, 0.25) is 0 Å². The number of thiazole rings is 1. The maximum atomic E-state index is 11.3. The molecule has 4 heteroatoms. The van der Waals surface area contributed by atoms with Crippen molar-refractivity contribution >= 4 is 28.9 Å². The van der Waals surface area contributed by atoms with Crippen molar-refractivity contribution in [2.45, 2.75) is 31.4 Å². The third-order valence-corrected chi connectivity index (χ3v) is 4.94. The van der Waals surface area contributed by atoms with Crippen molar-refractivity contribution in [3.05, 3.63) is 45.4 Å². The second kappa shape index (κ2) is 5.67. The van der Waals surface area contributed by atoms with Gasteiger partial charge in [-0.2, -0.15) is 0 Å². The first-order chi connectivity index (χ1) is 8.56. The fraction of sp³-hybridized carbons (Fsp3) is 0.286. The molecule has 0 aliphatic carbocycles. The summed E-state index contributed by atoms with van der Waals surface area (Å²) < 4.78 is 0. The lowest BCUT2D eigenvalue weighted by atomic mass is 10.2. The van der Waals surface area contributed by atoms with E-state index >= 15 is 0 Å². The van der Waals surface area contributed by atoms with Crippen LogP contribution in [0.25, 0.3) is 0 Å². The van der Waals surface area contributed by atoms with Crippen LogP contribution in [0.3, 0.4) is 0 Å². The van der Waals surface area contributed by atoms with Gasteiger partial charge in [-0.3, -0.25) is 4.79 Å². The van der Waals surface area contributed by atoms with Gasteiger partial charge in [0.25, 0.3) is 0 Å². The SMILES string of the molecule is CC(=O)c1cccc(SCc2nc(C)c(C)s2)c1. The lowest BCUT2D eigenvalue weighted by molar-refractivity contribution is 0.101. The molecule has 2 rings (SSSR count). The molecule has 0 atom stereocenters. The van der Waals surface area contributed by atoms with Gasteiger partial charge >= 0.3 is 0 Å². The highest BCUT2D eigenvalue weighted by Gasteiger charge is 2.05. The van der Waals surface area contributed by atoms with Crippen LogP contribution < -0.4 is 0 Å². The van der Waals surface area contributed by atoms with Gasteiger partial charge in [0.05, 0.1) is 11.4 Å². The summed E-state index contributed by atoms with van der Waals surface area (Å²) in [5, 5.41) is 1.14. The Morgan fingerprint density at radius 1 is 1.39 bits per heavy atom. The average Bonchev–Trinajstić information content (AvgIpc) is 2.67. The first-order valence-electron chi connectivity index (χ1n) is 5.73. The minimum absolute atomic E-state index is 0.110. The zero-order valence-electron chi connectivity index (χ0n) is 10.7. The van der Waals surface area contributed by atoms with E-state index in [4.69, 9.17) is 0 Å². The molecular weight excluding hydrogens is 262 g/mol. The lowest BCUT2D eigenvalue weighted by Gasteiger charge is -2.01. The quantitative estimate of drug-likeness (QED) is 0.618. The molecule has 2 nitrogen and oxygen atoms in total. The topological polar surface area (TPSA) is 30.0 Å². The minimum atomic E-state index is 0.110. The zero-order valence-corrected chi connectivity index (χ0v) is 12.3. The van der Waals surface area contributed by atoms with Crippen LogP contribution in [0.1, 0.15) is 32.9 Å². The molecule has 0 saturated heterocycles. The molecule has 0 unspecified atom stereocenters. The number of hydrogen-bond acceptors (Lipinski definition) is 4. The van der Waals surface area contributed by atoms with Crippen LogP contribution >= 0.6 is 23.1 Å². The Morgan fingerprint density at radius 2 is 2.17 bits per heavy atom. The molecule has 1 aromatic carbocycles. The van der Waals surface area contributed by atoms with Crippen LogP contribution in [-0.4, -0.2) is 10.8 Å². The van der Waals surface area contributed by atoms with Crippen molar-refractivity contribution in [2.24, 2.45) is 0 Å². The molecule has 18 heavy (non-hydrogen) atoms. The van der Waals surface area contributed by atoms with Gasteiger partial charge in [0, 0.05) is 15.3 Å². The van der Waals surface area contributed by atoms with Crippen LogP contribution in [-0.2, 0) is 5.75 Å². The molecule has 0 aliphatic heterocycles. The molecule has 0 amide bonds. The zero-order chi connectivity index (χ0) is 13.1. The van der Waals surface area contributed by atoms with Gasteiger partial charge in [0.1, 0.15) is 5.01 Å². The molecule has 0 radical (unpaired) electrons. The maximum absolute atomic E-state index is 11.3. The number of rotatable bonds is 4. The van der Waals surface area contributed by atoms with E-state index in [0.29, 0.717) is 0 Å². The Bertz CT molecular complexity index is 555. The summed E-state index contributed by atoms with van der Waals surface area (Å²) in [6.07, 6.45) is 0. The van der Waals surface area contributed by atoms with Crippen LogP contribution in [0.4, 0.5) is 0 Å². The summed E-state index contributed by atoms with van der Waals surface area (Å²) in [5.41, 5.74) is 1.89. The second-order valence-corrected chi connectivity index (χ2v) is 6.46. The summed E-state index contributed by atoms with van der Waals surface area (Å²) >= 11 is 3.47. The highest BCUT2D eigenvalue weighted by Crippen LogP contribution is 2.27. The molecule has 0 saturated carbocycles. The van der Waals surface area contributed by atoms with Gasteiger partial charge in [-0.15, -0.1) is 23.1 Å². The van der Waals surface area contributed by atoms with Crippen molar-refractivity contribution in [1.29, 1.82) is 0 Å². The first-order valence-corrected chi connectivity index (χ1v) is 7.53. The molecule has 94 valence electrons. The predicted molar refractivity (Wildman–Crippen MR) is 77.6 cm³/mol. The van der Waals surface area contributed by atoms with Gasteiger partial charge < -0.3 is 0 Å². The maximum Gasteiger partial charge on any atom is 0.159 e. The smallest absolute Gasteiger partial charge is 0.159 e. The summed E-state index contributed by atoms with van der Waals surface area (Å²) in [6, 6.07) is 7.76. The third kappa shape index (κ3) is 3.21. The van der Waals surface area contributed by atoms with Gasteiger partial charge in [-0.25, -0.2) is 4.98 Å². The van der Waals surface area contributed by atoms with E-state index in [1.807, 2.05) is 31.2 Å². The van der Waals surface area contributed by atoms with Crippen LogP contribution in [0, 0.1) is 13.8 Å². The van der Waals surface area contributed by atoms with Crippen molar-refractivity contribution in [3.8, 4) is 0 Å². The molecule has 2 aromatic rings. The molecule has 0 fully saturated rings. The molecule has 1 aromatic heterocycles. The van der Waals surface area contributed by atoms with E-state index in [-0.39, 0.29) is 5.78 Å². The van der Waals surface area contributed by atoms with Gasteiger partial charge in [0.2, 0.25) is 0 Å². The summed E-state index contributed by atoms with van der Waals surface area (Å²) in [7, 11) is 0. The molecule has 0 bridgehead atoms. The average molecular weight is 277 g/mol. The number of aromatic nitrogens is 1. The molecular formula is C14H15NOS2. The summed E-state index contributed by atoms with van der Waals surface area (Å²) in [6.45, 7) is 5.73. The normalized spacial score (nSPS) is 10.6. The standard InChI is InChI=1S/C14H15NOS2/c1-9-11(3)18-14(15-9)8-17-13-6-4-5-12(7-13)10(2)16/h4-7H,8H2,1-3H3. The minimum Gasteiger partial charge on any atom is -0.295 e. The molecule has 0 aliphatic rings. The monoisotopic (exact) mass is 277 g/mol. The van der Waals surface area contributed by atoms with Gasteiger partial charge in [-0.1, -0.05) is 12.1 Å². The van der Waals surface area contributed by atoms with Crippen molar-refractivity contribution in [3.63, 3.8) is 0 Å². The van der Waals surface area contributed by atoms with Crippen LogP contribution in [0.15, 0.2) is 29.2 Å². The van der Waals surface area contributed by atoms with E-state index in [0.717, 1.165) is 26.9 Å². The second-order valence-electron chi connectivity index (χ2n) is 4.12. The highest BCUT2D eigenvalue weighted by atomic mass is 32.2. The number of nitrogens with zero attached hydrogens (tertiary/aromatic N) is 1. The first kappa shape index (κ1) is 13.3. The lowest BCUT2D eigenvalue weighted by Crippen LogP contribution is -1.91. The van der Waals surface area contributed by atoms with Gasteiger partial charge in [0.15, 0.2) is 5.78 Å². The Hall–Kier alpha value is -1.13. The highest BCUT2D eigenvalue weighted by molar-refractivity contribution is 7.98. The van der Waals surface area contributed by atoms with E-state index < -0.39 is 0 Å². The van der Waals surface area contributed by atoms with Crippen molar-refractivity contribution < 1.29 is 4.79 Å². The van der Waals surface area contributed by atoms with Crippen molar-refractivity contribution in [2.75, 3.05) is 0 Å². The number of hydrogen-bond donors (Lipinski definition) is 0. The number of benzene rings is 1. The molecule has 0 N–H and O–H groups in total. The van der Waals surface area contributed by atoms with Crippen molar-refractivity contribution in [1.82, 2.24) is 4.98 Å². The summed E-state index contributed by atoms with van der Waals surface area (Å²) in [5.74, 6) is 0.971. The predicted octanol–water partition coefficient (Wildman–Crippen LogP) is 4.25. The number of carbonyl (C=O) groups is 1. The number of thioether (sulfide) groups is 1. The van der Waals surface area contributed by atoms with E-state index in [1.165, 1.54) is 4.88 Å². The van der Waals surface area contributed by atoms with E-state index in [1.54, 1.807) is 30.0 Å². The molecule has 1 heterocycles. The van der Waals surface area contributed by atoms with E-state index in [9.17, 15) is 4.79 Å². The number of aryl methyl sites for hydroxylation is 2. The number of carbonyl (C=O) groups excluding carboxylic acids is 1.